The van der Waals surface area contributed by atoms with E-state index in [2.05, 4.69) is 17.3 Å². The molecule has 0 saturated carbocycles. The van der Waals surface area contributed by atoms with Crippen molar-refractivity contribution in [3.63, 3.8) is 0 Å². The van der Waals surface area contributed by atoms with Crippen molar-refractivity contribution in [3.8, 4) is 0 Å². The van der Waals surface area contributed by atoms with Crippen LogP contribution in [0.15, 0.2) is 24.3 Å². The quantitative estimate of drug-likeness (QED) is 0.902. The Morgan fingerprint density at radius 1 is 1.32 bits per heavy atom. The van der Waals surface area contributed by atoms with Crippen LogP contribution in [0.5, 0.6) is 0 Å². The minimum atomic E-state index is 0.0453. The topological polar surface area (TPSA) is 35.6 Å². The van der Waals surface area contributed by atoms with Crippen LogP contribution in [0.2, 0.25) is 0 Å². The van der Waals surface area contributed by atoms with Gasteiger partial charge in [0.15, 0.2) is 0 Å². The summed E-state index contributed by atoms with van der Waals surface area (Å²) >= 11 is 0. The van der Waals surface area contributed by atoms with Gasteiger partial charge in [0.05, 0.1) is 0 Å². The summed E-state index contributed by atoms with van der Waals surface area (Å²) in [5, 5.41) is 3.54. The van der Waals surface area contributed by atoms with E-state index in [1.165, 1.54) is 19.4 Å². The molecule has 1 saturated heterocycles. The van der Waals surface area contributed by atoms with Gasteiger partial charge in [-0.2, -0.15) is 0 Å². The van der Waals surface area contributed by atoms with E-state index in [9.17, 15) is 4.79 Å². The fourth-order valence-electron chi connectivity index (χ4n) is 2.49. The van der Waals surface area contributed by atoms with E-state index in [1.54, 1.807) is 19.0 Å². The number of rotatable bonds is 3. The van der Waals surface area contributed by atoms with Crippen molar-refractivity contribution in [2.24, 2.45) is 0 Å². The van der Waals surface area contributed by atoms with Gasteiger partial charge in [0.25, 0.3) is 5.91 Å². The lowest BCUT2D eigenvalue weighted by molar-refractivity contribution is 0.0827. The van der Waals surface area contributed by atoms with Crippen molar-refractivity contribution in [1.29, 1.82) is 0 Å². The van der Waals surface area contributed by atoms with Crippen molar-refractivity contribution in [1.82, 2.24) is 9.80 Å². The van der Waals surface area contributed by atoms with Crippen LogP contribution >= 0.6 is 0 Å². The molecule has 4 heteroatoms. The van der Waals surface area contributed by atoms with Gasteiger partial charge in [0.1, 0.15) is 0 Å². The summed E-state index contributed by atoms with van der Waals surface area (Å²) in [5.41, 5.74) is 1.83. The molecule has 1 atom stereocenters. The first-order chi connectivity index (χ1) is 9.06. The van der Waals surface area contributed by atoms with Gasteiger partial charge in [-0.15, -0.1) is 0 Å². The number of amides is 1. The zero-order valence-electron chi connectivity index (χ0n) is 12.0. The Bertz CT molecular complexity index is 428. The molecule has 0 spiro atoms. The number of benzene rings is 1. The molecule has 1 aliphatic rings. The Hall–Kier alpha value is -1.55. The molecule has 1 aromatic rings. The molecule has 1 aromatic carbocycles. The Morgan fingerprint density at radius 2 is 2.00 bits per heavy atom. The minimum Gasteiger partial charge on any atom is -0.381 e. The Labute approximate surface area is 115 Å². The predicted octanol–water partition coefficient (Wildman–Crippen LogP) is 1.89. The molecule has 1 unspecified atom stereocenters. The number of anilines is 1. The summed E-state index contributed by atoms with van der Waals surface area (Å²) in [6, 6.07) is 8.26. The average molecular weight is 261 g/mol. The van der Waals surface area contributed by atoms with Crippen LogP contribution in [0.25, 0.3) is 0 Å². The van der Waals surface area contributed by atoms with Gasteiger partial charge in [-0.25, -0.2) is 0 Å². The number of likely N-dealkylation sites (tertiary alicyclic amines) is 1. The predicted molar refractivity (Wildman–Crippen MR) is 78.6 cm³/mol. The van der Waals surface area contributed by atoms with Crippen molar-refractivity contribution in [2.45, 2.75) is 18.9 Å². The van der Waals surface area contributed by atoms with E-state index >= 15 is 0 Å². The molecule has 1 amide bonds. The summed E-state index contributed by atoms with van der Waals surface area (Å²) in [7, 11) is 5.70. The second-order valence-electron chi connectivity index (χ2n) is 5.52. The minimum absolute atomic E-state index is 0.0453. The van der Waals surface area contributed by atoms with Crippen LogP contribution in [0, 0.1) is 0 Å². The highest BCUT2D eigenvalue weighted by molar-refractivity contribution is 5.94. The maximum Gasteiger partial charge on any atom is 0.253 e. The molecule has 1 fully saturated rings. The number of carbonyl (C=O) groups is 1. The van der Waals surface area contributed by atoms with Gasteiger partial charge in [0, 0.05) is 37.9 Å². The standard InChI is InChI=1S/C15H23N3O/c1-17(2)15(19)12-6-8-13(9-7-12)16-14-5-4-10-18(3)11-14/h6-9,14,16H,4-5,10-11H2,1-3H3. The second kappa shape index (κ2) is 6.06. The molecule has 0 aliphatic carbocycles. The highest BCUT2D eigenvalue weighted by Crippen LogP contribution is 2.16. The SMILES string of the molecule is CN1CCCC(Nc2ccc(C(=O)N(C)C)cc2)C1. The zero-order chi connectivity index (χ0) is 13.8. The second-order valence-corrected chi connectivity index (χ2v) is 5.52. The van der Waals surface area contributed by atoms with E-state index in [0.717, 1.165) is 17.8 Å². The maximum absolute atomic E-state index is 11.8. The maximum atomic E-state index is 11.8. The van der Waals surface area contributed by atoms with E-state index in [-0.39, 0.29) is 5.91 Å². The van der Waals surface area contributed by atoms with Gasteiger partial charge in [0.2, 0.25) is 0 Å². The highest BCUT2D eigenvalue weighted by atomic mass is 16.2. The first-order valence-corrected chi connectivity index (χ1v) is 6.83. The zero-order valence-corrected chi connectivity index (χ0v) is 12.0. The summed E-state index contributed by atoms with van der Waals surface area (Å²) in [6.07, 6.45) is 2.45. The van der Waals surface area contributed by atoms with Crippen LogP contribution in [0.3, 0.4) is 0 Å². The van der Waals surface area contributed by atoms with Gasteiger partial charge in [-0.1, -0.05) is 0 Å². The summed E-state index contributed by atoms with van der Waals surface area (Å²) < 4.78 is 0. The first-order valence-electron chi connectivity index (χ1n) is 6.83. The number of nitrogens with zero attached hydrogens (tertiary/aromatic N) is 2. The summed E-state index contributed by atoms with van der Waals surface area (Å²) in [4.78, 5) is 15.7. The largest absolute Gasteiger partial charge is 0.381 e. The van der Waals surface area contributed by atoms with Gasteiger partial charge < -0.3 is 15.1 Å². The Balaban J connectivity index is 1.97. The van der Waals surface area contributed by atoms with Crippen molar-refractivity contribution >= 4 is 11.6 Å². The fourth-order valence-corrected chi connectivity index (χ4v) is 2.49. The summed E-state index contributed by atoms with van der Waals surface area (Å²) in [5.74, 6) is 0.0453. The molecule has 1 N–H and O–H groups in total. The Morgan fingerprint density at radius 3 is 2.58 bits per heavy atom. The van der Waals surface area contributed by atoms with Gasteiger partial charge >= 0.3 is 0 Å². The number of hydrogen-bond acceptors (Lipinski definition) is 3. The van der Waals surface area contributed by atoms with Crippen molar-refractivity contribution in [2.75, 3.05) is 39.5 Å². The molecule has 2 rings (SSSR count). The van der Waals surface area contributed by atoms with Gasteiger partial charge in [-0.05, 0) is 50.7 Å². The highest BCUT2D eigenvalue weighted by Gasteiger charge is 2.16. The van der Waals surface area contributed by atoms with Crippen molar-refractivity contribution in [3.05, 3.63) is 29.8 Å². The molecular formula is C15H23N3O. The fraction of sp³-hybridized carbons (Fsp3) is 0.533. The molecular weight excluding hydrogens is 238 g/mol. The molecule has 19 heavy (non-hydrogen) atoms. The van der Waals surface area contributed by atoms with Crippen LogP contribution in [0.4, 0.5) is 5.69 Å². The van der Waals surface area contributed by atoms with E-state index < -0.39 is 0 Å². The van der Waals surface area contributed by atoms with Crippen LogP contribution < -0.4 is 5.32 Å². The van der Waals surface area contributed by atoms with Crippen molar-refractivity contribution < 1.29 is 4.79 Å². The van der Waals surface area contributed by atoms with Crippen LogP contribution in [-0.2, 0) is 0 Å². The number of carbonyl (C=O) groups excluding carboxylic acids is 1. The van der Waals surface area contributed by atoms with E-state index in [0.29, 0.717) is 6.04 Å². The lowest BCUT2D eigenvalue weighted by Gasteiger charge is -2.30. The molecule has 0 radical (unpaired) electrons. The lowest BCUT2D eigenvalue weighted by Crippen LogP contribution is -2.39. The number of nitrogens with one attached hydrogen (secondary N) is 1. The third-order valence-corrected chi connectivity index (χ3v) is 3.53. The third-order valence-electron chi connectivity index (χ3n) is 3.53. The van der Waals surface area contributed by atoms with E-state index in [1.807, 2.05) is 24.3 Å². The molecule has 0 aromatic heterocycles. The molecule has 0 bridgehead atoms. The number of hydrogen-bond donors (Lipinski definition) is 1. The van der Waals surface area contributed by atoms with Crippen LogP contribution in [-0.4, -0.2) is 56.0 Å². The van der Waals surface area contributed by atoms with E-state index in [4.69, 9.17) is 0 Å². The lowest BCUT2D eigenvalue weighted by atomic mass is 10.1. The summed E-state index contributed by atoms with van der Waals surface area (Å²) in [6.45, 7) is 2.27. The average Bonchev–Trinajstić information content (AvgIpc) is 2.39. The number of piperidine rings is 1. The monoisotopic (exact) mass is 261 g/mol. The first kappa shape index (κ1) is 13.9. The van der Waals surface area contributed by atoms with Gasteiger partial charge in [-0.3, -0.25) is 4.79 Å². The molecule has 4 nitrogen and oxygen atoms in total. The Kier molecular flexibility index (Phi) is 4.43. The molecule has 1 heterocycles. The van der Waals surface area contributed by atoms with Crippen LogP contribution in [0.1, 0.15) is 23.2 Å². The third kappa shape index (κ3) is 3.70. The molecule has 1 aliphatic heterocycles. The normalized spacial score (nSPS) is 20.1. The molecule has 104 valence electrons. The number of likely N-dealkylation sites (N-methyl/N-ethyl adjacent to an activating group) is 1. The smallest absolute Gasteiger partial charge is 0.253 e.